The fraction of sp³-hybridized carbons (Fsp3) is 0.779. The Morgan fingerprint density at radius 1 is 0.253 bits per heavy atom. The van der Waals surface area contributed by atoms with E-state index >= 15 is 0 Å². The summed E-state index contributed by atoms with van der Waals surface area (Å²) in [5.41, 5.74) is 0. The van der Waals surface area contributed by atoms with E-state index in [0.29, 0.717) is 19.3 Å². The maximum Gasteiger partial charge on any atom is 0.306 e. The normalized spacial score (nSPS) is 12.6. The van der Waals surface area contributed by atoms with Gasteiger partial charge in [0.25, 0.3) is 0 Å². The molecule has 480 valence electrons. The topological polar surface area (TPSA) is 78.9 Å². The number of allylic oxidation sites excluding steroid dienone is 14. The van der Waals surface area contributed by atoms with Crippen LogP contribution in [-0.2, 0) is 28.6 Å². The Bertz CT molecular complexity index is 1570. The molecule has 0 rings (SSSR count). The highest BCUT2D eigenvalue weighted by molar-refractivity contribution is 5.71. The molecule has 1 unspecified atom stereocenters. The molecule has 1 atom stereocenters. The van der Waals surface area contributed by atoms with Gasteiger partial charge < -0.3 is 14.2 Å². The fourth-order valence-electron chi connectivity index (χ4n) is 10.5. The van der Waals surface area contributed by atoms with E-state index in [0.717, 1.165) is 103 Å². The summed E-state index contributed by atoms with van der Waals surface area (Å²) in [4.78, 5) is 38.0. The first kappa shape index (κ1) is 79.6. The molecule has 83 heavy (non-hydrogen) atoms. The highest BCUT2D eigenvalue weighted by Gasteiger charge is 2.19. The minimum absolute atomic E-state index is 0.0735. The third kappa shape index (κ3) is 69.3. The van der Waals surface area contributed by atoms with Crippen LogP contribution in [0.25, 0.3) is 0 Å². The Morgan fingerprint density at radius 3 is 0.735 bits per heavy atom. The van der Waals surface area contributed by atoms with Crippen molar-refractivity contribution >= 4 is 17.9 Å². The van der Waals surface area contributed by atoms with Crippen LogP contribution in [0.5, 0.6) is 0 Å². The van der Waals surface area contributed by atoms with Gasteiger partial charge in [-0.3, -0.25) is 14.4 Å². The molecule has 0 aromatic heterocycles. The van der Waals surface area contributed by atoms with Crippen LogP contribution in [0.3, 0.4) is 0 Å². The average Bonchev–Trinajstić information content (AvgIpc) is 3.49. The van der Waals surface area contributed by atoms with Gasteiger partial charge in [-0.1, -0.05) is 337 Å². The van der Waals surface area contributed by atoms with Gasteiger partial charge in [0.15, 0.2) is 6.10 Å². The molecule has 6 nitrogen and oxygen atoms in total. The van der Waals surface area contributed by atoms with E-state index < -0.39 is 6.10 Å². The molecule has 0 aliphatic rings. The highest BCUT2D eigenvalue weighted by Crippen LogP contribution is 2.18. The lowest BCUT2D eigenvalue weighted by atomic mass is 10.0. The average molecular weight is 1160 g/mol. The SMILES string of the molecule is CC/C=C\C/C=C\C/C=C\C/C=C\C/C=C\CCCCCCCCCCCCCC(=O)OC(COC(=O)CCCCCCC)COC(=O)CCCCCCCCCCCCCCCCCCCCCCC/C=C\C/C=C\CCCCCCC. The van der Waals surface area contributed by atoms with E-state index in [1.54, 1.807) is 0 Å². The van der Waals surface area contributed by atoms with Crippen molar-refractivity contribution in [2.24, 2.45) is 0 Å². The van der Waals surface area contributed by atoms with E-state index in [1.165, 1.54) is 225 Å². The van der Waals surface area contributed by atoms with Crippen molar-refractivity contribution in [3.63, 3.8) is 0 Å². The molecule has 0 spiro atoms. The lowest BCUT2D eigenvalue weighted by Gasteiger charge is -2.18. The molecule has 0 amide bonds. The molecule has 0 aromatic carbocycles. The standard InChI is InChI=1S/C77H136O6/c1-4-7-10-13-15-17-19-21-23-25-27-29-31-33-35-36-37-38-39-40-42-43-45-47-49-51-53-55-57-59-61-64-67-70-76(79)82-73-74(72-81-75(78)69-66-63-12-9-6-3)83-77(80)71-68-65-62-60-58-56-54-52-50-48-46-44-41-34-32-30-28-26-24-22-20-18-16-14-11-8-5-2/h8,11,16,18-19,21-22,24-25,27-28,30,34,41,74H,4-7,9-10,12-15,17,20,23,26,29,31-33,35-40,42-73H2,1-3H3/b11-8-,18-16-,21-19-,24-22-,27-25-,30-28-,41-34-. The number of esters is 3. The smallest absolute Gasteiger partial charge is 0.306 e. The molecule has 6 heteroatoms. The van der Waals surface area contributed by atoms with E-state index in [4.69, 9.17) is 14.2 Å². The quantitative estimate of drug-likeness (QED) is 0.0261. The minimum Gasteiger partial charge on any atom is -0.462 e. The lowest BCUT2D eigenvalue weighted by molar-refractivity contribution is -0.167. The molecule has 0 aliphatic carbocycles. The first-order valence-electron chi connectivity index (χ1n) is 36.1. The van der Waals surface area contributed by atoms with Crippen molar-refractivity contribution in [2.45, 2.75) is 374 Å². The molecule has 0 aromatic rings. The predicted octanol–water partition coefficient (Wildman–Crippen LogP) is 25.0. The number of hydrogen-bond donors (Lipinski definition) is 0. The van der Waals surface area contributed by atoms with Gasteiger partial charge in [0.2, 0.25) is 0 Å². The first-order chi connectivity index (χ1) is 41.0. The number of unbranched alkanes of at least 4 members (excludes halogenated alkanes) is 41. The van der Waals surface area contributed by atoms with Crippen molar-refractivity contribution in [1.29, 1.82) is 0 Å². The van der Waals surface area contributed by atoms with E-state index in [1.807, 2.05) is 0 Å². The van der Waals surface area contributed by atoms with E-state index in [-0.39, 0.29) is 31.1 Å². The first-order valence-corrected chi connectivity index (χ1v) is 36.1. The zero-order chi connectivity index (χ0) is 59.9. The van der Waals surface area contributed by atoms with Crippen molar-refractivity contribution < 1.29 is 28.6 Å². The van der Waals surface area contributed by atoms with Crippen LogP contribution in [0, 0.1) is 0 Å². The molecule has 0 fully saturated rings. The summed E-state index contributed by atoms with van der Waals surface area (Å²) in [6, 6.07) is 0. The molecule has 0 N–H and O–H groups in total. The molecule has 0 heterocycles. The van der Waals surface area contributed by atoms with Gasteiger partial charge >= 0.3 is 17.9 Å². The highest BCUT2D eigenvalue weighted by atomic mass is 16.6. The maximum absolute atomic E-state index is 12.9. The Hall–Kier alpha value is -3.41. The van der Waals surface area contributed by atoms with Crippen LogP contribution in [-0.4, -0.2) is 37.2 Å². The Labute approximate surface area is 515 Å². The van der Waals surface area contributed by atoms with Crippen LogP contribution in [0.2, 0.25) is 0 Å². The van der Waals surface area contributed by atoms with Gasteiger partial charge in [0.05, 0.1) is 0 Å². The second-order valence-electron chi connectivity index (χ2n) is 24.1. The van der Waals surface area contributed by atoms with E-state index in [9.17, 15) is 14.4 Å². The zero-order valence-electron chi connectivity index (χ0n) is 55.2. The van der Waals surface area contributed by atoms with E-state index in [2.05, 4.69) is 106 Å². The van der Waals surface area contributed by atoms with Crippen LogP contribution in [0.4, 0.5) is 0 Å². The van der Waals surface area contributed by atoms with Gasteiger partial charge in [-0.25, -0.2) is 0 Å². The largest absolute Gasteiger partial charge is 0.462 e. The molecular weight excluding hydrogens is 1020 g/mol. The summed E-state index contributed by atoms with van der Waals surface area (Å²) >= 11 is 0. The molecule has 0 bridgehead atoms. The maximum atomic E-state index is 12.9. The van der Waals surface area contributed by atoms with Crippen molar-refractivity contribution in [3.8, 4) is 0 Å². The number of carbonyl (C=O) groups excluding carboxylic acids is 3. The summed E-state index contributed by atoms with van der Waals surface area (Å²) in [5.74, 6) is -0.874. The minimum atomic E-state index is -0.774. The number of hydrogen-bond acceptors (Lipinski definition) is 6. The van der Waals surface area contributed by atoms with Crippen LogP contribution >= 0.6 is 0 Å². The Morgan fingerprint density at radius 2 is 0.470 bits per heavy atom. The van der Waals surface area contributed by atoms with Crippen LogP contribution in [0.1, 0.15) is 367 Å². The Kier molecular flexibility index (Phi) is 68.2. The van der Waals surface area contributed by atoms with Crippen LogP contribution in [0.15, 0.2) is 85.1 Å². The second kappa shape index (κ2) is 71.1. The molecule has 0 saturated carbocycles. The van der Waals surface area contributed by atoms with Crippen molar-refractivity contribution in [2.75, 3.05) is 13.2 Å². The summed E-state index contributed by atoms with van der Waals surface area (Å²) < 4.78 is 16.8. The van der Waals surface area contributed by atoms with Gasteiger partial charge in [0, 0.05) is 19.3 Å². The third-order valence-corrected chi connectivity index (χ3v) is 15.9. The molecule has 0 radical (unpaired) electrons. The van der Waals surface area contributed by atoms with Gasteiger partial charge in [-0.15, -0.1) is 0 Å². The number of carbonyl (C=O) groups is 3. The monoisotopic (exact) mass is 1160 g/mol. The summed E-state index contributed by atoms with van der Waals surface area (Å²) in [6.45, 7) is 6.47. The summed E-state index contributed by atoms with van der Waals surface area (Å²) in [5, 5.41) is 0. The fourth-order valence-corrected chi connectivity index (χ4v) is 10.5. The molecular formula is C77H136O6. The third-order valence-electron chi connectivity index (χ3n) is 15.9. The van der Waals surface area contributed by atoms with Gasteiger partial charge in [0.1, 0.15) is 13.2 Å². The number of rotatable bonds is 66. The zero-order valence-corrected chi connectivity index (χ0v) is 55.2. The van der Waals surface area contributed by atoms with Crippen LogP contribution < -0.4 is 0 Å². The molecule has 0 saturated heterocycles. The van der Waals surface area contributed by atoms with Crippen molar-refractivity contribution in [3.05, 3.63) is 85.1 Å². The number of ether oxygens (including phenoxy) is 3. The predicted molar refractivity (Wildman–Crippen MR) is 362 cm³/mol. The second-order valence-corrected chi connectivity index (χ2v) is 24.1. The van der Waals surface area contributed by atoms with Crippen molar-refractivity contribution in [1.82, 2.24) is 0 Å². The van der Waals surface area contributed by atoms with Gasteiger partial charge in [-0.2, -0.15) is 0 Å². The summed E-state index contributed by atoms with van der Waals surface area (Å²) in [7, 11) is 0. The molecule has 0 aliphatic heterocycles. The lowest BCUT2D eigenvalue weighted by Crippen LogP contribution is -2.30. The van der Waals surface area contributed by atoms with Gasteiger partial charge in [-0.05, 0) is 96.3 Å². The summed E-state index contributed by atoms with van der Waals surface area (Å²) in [6.07, 6.45) is 95.4. The Balaban J connectivity index is 3.94.